The summed E-state index contributed by atoms with van der Waals surface area (Å²) in [5.74, 6) is 0. The van der Waals surface area contributed by atoms with Crippen molar-refractivity contribution in [2.75, 3.05) is 6.61 Å². The molecule has 0 bridgehead atoms. The molecule has 0 spiro atoms. The van der Waals surface area contributed by atoms with Crippen LogP contribution >= 0.6 is 0 Å². The van der Waals surface area contributed by atoms with Crippen LogP contribution in [0.5, 0.6) is 0 Å². The number of rotatable bonds is 10. The summed E-state index contributed by atoms with van der Waals surface area (Å²) in [6, 6.07) is 3.31. The first kappa shape index (κ1) is 21.2. The zero-order valence-corrected chi connectivity index (χ0v) is 18.6. The summed E-state index contributed by atoms with van der Waals surface area (Å²) in [4.78, 5) is 8.96. The fourth-order valence-corrected chi connectivity index (χ4v) is 3.93. The van der Waals surface area contributed by atoms with E-state index in [-0.39, 0.29) is 6.04 Å². The molecule has 3 rings (SSSR count). The maximum Gasteiger partial charge on any atom is 0.145 e. The van der Waals surface area contributed by atoms with Gasteiger partial charge >= 0.3 is 0 Å². The van der Waals surface area contributed by atoms with Gasteiger partial charge in [-0.3, -0.25) is 4.68 Å². The molecule has 0 aliphatic heterocycles. The molecule has 0 aromatic carbocycles. The summed E-state index contributed by atoms with van der Waals surface area (Å²) in [5.41, 5.74) is 2.65. The highest BCUT2D eigenvalue weighted by molar-refractivity contribution is 6.76. The number of nitrogens with zero attached hydrogens (tertiary/aromatic N) is 6. The fraction of sp³-hybridized carbons (Fsp3) is 0.500. The van der Waals surface area contributed by atoms with E-state index in [1.807, 2.05) is 33.9 Å². The van der Waals surface area contributed by atoms with Crippen LogP contribution in [0.3, 0.4) is 0 Å². The lowest BCUT2D eigenvalue weighted by molar-refractivity contribution is 0.0899. The van der Waals surface area contributed by atoms with E-state index >= 15 is 0 Å². The topological polar surface area (TPSA) is 90.4 Å². The number of hydrogen-bond donors (Lipinski definition) is 1. The molecule has 0 saturated heterocycles. The van der Waals surface area contributed by atoms with Crippen molar-refractivity contribution in [3.63, 3.8) is 0 Å². The molecule has 0 radical (unpaired) electrons. The van der Waals surface area contributed by atoms with Gasteiger partial charge in [0.1, 0.15) is 18.7 Å². The van der Waals surface area contributed by atoms with Gasteiger partial charge in [-0.1, -0.05) is 26.6 Å². The van der Waals surface area contributed by atoms with Crippen molar-refractivity contribution >= 4 is 25.3 Å². The number of ether oxygens (including phenoxy) is 1. The molecule has 0 saturated carbocycles. The summed E-state index contributed by atoms with van der Waals surface area (Å²) in [6.07, 6.45) is 10.4. The molecule has 156 valence electrons. The maximum absolute atomic E-state index is 8.69. The second kappa shape index (κ2) is 9.32. The first-order valence-corrected chi connectivity index (χ1v) is 13.7. The van der Waals surface area contributed by atoms with Crippen LogP contribution in [0.25, 0.3) is 22.3 Å². The summed E-state index contributed by atoms with van der Waals surface area (Å²) >= 11 is 0. The van der Waals surface area contributed by atoms with E-state index in [0.717, 1.165) is 41.4 Å². The zero-order valence-electron chi connectivity index (χ0n) is 17.6. The van der Waals surface area contributed by atoms with Crippen LogP contribution in [-0.2, 0) is 11.5 Å². The summed E-state index contributed by atoms with van der Waals surface area (Å²) in [7, 11) is -1.10. The lowest BCUT2D eigenvalue weighted by Crippen LogP contribution is -2.22. The maximum atomic E-state index is 8.69. The Bertz CT molecular complexity index is 959. The van der Waals surface area contributed by atoms with Crippen LogP contribution in [0, 0.1) is 0 Å². The molecule has 0 fully saturated rings. The van der Waals surface area contributed by atoms with E-state index in [9.17, 15) is 0 Å². The van der Waals surface area contributed by atoms with E-state index in [1.54, 1.807) is 6.33 Å². The molecular formula is C20H30N6O2Si. The first-order valence-electron chi connectivity index (χ1n) is 10.0. The molecule has 1 unspecified atom stereocenters. The SMILES string of the molecule is CCC(C/C=N/O)n1cc(-c2ncnc3c2ccn3COCC[Si](C)(C)C)cn1. The van der Waals surface area contributed by atoms with Gasteiger partial charge in [0.05, 0.1) is 17.9 Å². The van der Waals surface area contributed by atoms with Gasteiger partial charge in [0, 0.05) is 50.7 Å². The Morgan fingerprint density at radius 2 is 2.14 bits per heavy atom. The summed E-state index contributed by atoms with van der Waals surface area (Å²) < 4.78 is 9.80. The fourth-order valence-electron chi connectivity index (χ4n) is 3.17. The lowest BCUT2D eigenvalue weighted by atomic mass is 10.1. The average Bonchev–Trinajstić information content (AvgIpc) is 3.32. The van der Waals surface area contributed by atoms with Crippen molar-refractivity contribution in [2.24, 2.45) is 5.16 Å². The molecule has 0 aliphatic rings. The van der Waals surface area contributed by atoms with E-state index in [4.69, 9.17) is 9.94 Å². The molecule has 1 N–H and O–H groups in total. The summed E-state index contributed by atoms with van der Waals surface area (Å²) in [6.45, 7) is 10.4. The predicted octanol–water partition coefficient (Wildman–Crippen LogP) is 4.41. The average molecular weight is 415 g/mol. The molecule has 0 amide bonds. The molecular weight excluding hydrogens is 384 g/mol. The van der Waals surface area contributed by atoms with E-state index in [1.165, 1.54) is 6.21 Å². The third-order valence-electron chi connectivity index (χ3n) is 4.96. The molecule has 3 aromatic rings. The molecule has 1 atom stereocenters. The largest absolute Gasteiger partial charge is 0.411 e. The monoisotopic (exact) mass is 414 g/mol. The lowest BCUT2D eigenvalue weighted by Gasteiger charge is -2.15. The molecule has 0 aliphatic carbocycles. The number of hydrogen-bond acceptors (Lipinski definition) is 6. The van der Waals surface area contributed by atoms with Crippen molar-refractivity contribution in [2.45, 2.75) is 58.2 Å². The van der Waals surface area contributed by atoms with Gasteiger partial charge in [0.25, 0.3) is 0 Å². The second-order valence-electron chi connectivity index (χ2n) is 8.40. The number of aromatic nitrogens is 5. The molecule has 8 nitrogen and oxygen atoms in total. The third-order valence-corrected chi connectivity index (χ3v) is 6.67. The molecule has 29 heavy (non-hydrogen) atoms. The number of fused-ring (bicyclic) bond motifs is 1. The van der Waals surface area contributed by atoms with Crippen LogP contribution in [0.1, 0.15) is 25.8 Å². The van der Waals surface area contributed by atoms with Crippen molar-refractivity contribution < 1.29 is 9.94 Å². The molecule has 9 heteroatoms. The molecule has 3 heterocycles. The zero-order chi connectivity index (χ0) is 20.9. The van der Waals surface area contributed by atoms with Crippen molar-refractivity contribution in [3.05, 3.63) is 31.0 Å². The summed E-state index contributed by atoms with van der Waals surface area (Å²) in [5, 5.41) is 17.3. The van der Waals surface area contributed by atoms with Gasteiger partial charge in [-0.2, -0.15) is 5.10 Å². The minimum Gasteiger partial charge on any atom is -0.411 e. The van der Waals surface area contributed by atoms with Gasteiger partial charge in [-0.25, -0.2) is 9.97 Å². The van der Waals surface area contributed by atoms with Crippen LogP contribution in [-0.4, -0.2) is 50.4 Å². The Balaban J connectivity index is 1.78. The number of oxime groups is 1. The van der Waals surface area contributed by atoms with Gasteiger partial charge < -0.3 is 14.5 Å². The highest BCUT2D eigenvalue weighted by Gasteiger charge is 2.15. The van der Waals surface area contributed by atoms with Gasteiger partial charge in [-0.05, 0) is 18.5 Å². The third kappa shape index (κ3) is 5.30. The van der Waals surface area contributed by atoms with E-state index < -0.39 is 8.07 Å². The predicted molar refractivity (Wildman–Crippen MR) is 117 cm³/mol. The van der Waals surface area contributed by atoms with Crippen molar-refractivity contribution in [1.29, 1.82) is 0 Å². The Morgan fingerprint density at radius 1 is 1.31 bits per heavy atom. The normalized spacial score (nSPS) is 13.5. The van der Waals surface area contributed by atoms with Crippen LogP contribution in [0.4, 0.5) is 0 Å². The Kier molecular flexibility index (Phi) is 6.81. The van der Waals surface area contributed by atoms with Crippen LogP contribution in [0.15, 0.2) is 36.1 Å². The Hall–Kier alpha value is -2.52. The second-order valence-corrected chi connectivity index (χ2v) is 14.0. The van der Waals surface area contributed by atoms with Gasteiger partial charge in [-0.15, -0.1) is 5.16 Å². The van der Waals surface area contributed by atoms with Crippen LogP contribution in [0.2, 0.25) is 25.7 Å². The van der Waals surface area contributed by atoms with Crippen molar-refractivity contribution in [1.82, 2.24) is 24.3 Å². The standard InChI is InChI=1S/C20H30N6O2Si/c1-5-17(6-8-24-27)26-13-16(12-23-26)19-18-7-9-25(20(18)22-14-21-19)15-28-10-11-29(2,3)4/h7-9,12-14,17,27H,5-6,10-11,15H2,1-4H3/b24-8+. The van der Waals surface area contributed by atoms with E-state index in [2.05, 4.69) is 46.8 Å². The van der Waals surface area contributed by atoms with Gasteiger partial charge in [0.2, 0.25) is 0 Å². The van der Waals surface area contributed by atoms with E-state index in [0.29, 0.717) is 13.2 Å². The van der Waals surface area contributed by atoms with Crippen molar-refractivity contribution in [3.8, 4) is 11.3 Å². The first-order chi connectivity index (χ1) is 13.9. The minimum atomic E-state index is -1.10. The van der Waals surface area contributed by atoms with Gasteiger partial charge in [0.15, 0.2) is 0 Å². The highest BCUT2D eigenvalue weighted by atomic mass is 28.3. The smallest absolute Gasteiger partial charge is 0.145 e. The quantitative estimate of drug-likeness (QED) is 0.174. The minimum absolute atomic E-state index is 0.140. The molecule has 3 aromatic heterocycles. The Labute approximate surface area is 172 Å². The Morgan fingerprint density at radius 3 is 2.86 bits per heavy atom. The highest BCUT2D eigenvalue weighted by Crippen LogP contribution is 2.27. The van der Waals surface area contributed by atoms with Crippen LogP contribution < -0.4 is 0 Å².